The minimum Gasteiger partial charge on any atom is -0.493 e. The molecular formula is C20H30N2O4. The van der Waals surface area contributed by atoms with Gasteiger partial charge in [-0.1, -0.05) is 6.92 Å². The quantitative estimate of drug-likeness (QED) is 0.894. The molecule has 26 heavy (non-hydrogen) atoms. The molecule has 1 aromatic carbocycles. The van der Waals surface area contributed by atoms with Gasteiger partial charge >= 0.3 is 6.03 Å². The highest BCUT2D eigenvalue weighted by Gasteiger charge is 2.42. The van der Waals surface area contributed by atoms with Crippen LogP contribution in [0, 0.1) is 0 Å². The van der Waals surface area contributed by atoms with Gasteiger partial charge < -0.3 is 24.4 Å². The number of carbonyl (C=O) groups is 1. The van der Waals surface area contributed by atoms with Crippen LogP contribution in [0.2, 0.25) is 0 Å². The number of piperidine rings is 1. The van der Waals surface area contributed by atoms with Gasteiger partial charge in [0.25, 0.3) is 0 Å². The lowest BCUT2D eigenvalue weighted by Crippen LogP contribution is -2.52. The van der Waals surface area contributed by atoms with E-state index in [1.54, 1.807) is 14.2 Å². The summed E-state index contributed by atoms with van der Waals surface area (Å²) in [4.78, 5) is 14.3. The molecule has 2 heterocycles. The second-order valence-corrected chi connectivity index (χ2v) is 7.20. The first kappa shape index (κ1) is 18.8. The summed E-state index contributed by atoms with van der Waals surface area (Å²) < 4.78 is 17.2. The number of hydrogen-bond donors (Lipinski definition) is 1. The van der Waals surface area contributed by atoms with Gasteiger partial charge in [-0.25, -0.2) is 4.79 Å². The Morgan fingerprint density at radius 1 is 1.27 bits per heavy atom. The lowest BCUT2D eigenvalue weighted by atomic mass is 9.79. The van der Waals surface area contributed by atoms with E-state index in [4.69, 9.17) is 14.2 Å². The minimum absolute atomic E-state index is 0.0255. The number of carbonyl (C=O) groups excluding carboxylic acids is 1. The van der Waals surface area contributed by atoms with Gasteiger partial charge in [0, 0.05) is 19.1 Å². The molecule has 6 nitrogen and oxygen atoms in total. The number of hydrogen-bond acceptors (Lipinski definition) is 4. The smallest absolute Gasteiger partial charge is 0.317 e. The number of fused-ring (bicyclic) bond motifs is 2. The molecule has 1 N–H and O–H groups in total. The predicted octanol–water partition coefficient (Wildman–Crippen LogP) is 3.08. The fraction of sp³-hybridized carbons (Fsp3) is 0.650. The number of rotatable bonds is 4. The zero-order valence-corrected chi connectivity index (χ0v) is 16.3. The topological polar surface area (TPSA) is 60.0 Å². The van der Waals surface area contributed by atoms with E-state index in [1.807, 2.05) is 11.8 Å². The van der Waals surface area contributed by atoms with Crippen LogP contribution in [0.15, 0.2) is 12.1 Å². The molecule has 144 valence electrons. The van der Waals surface area contributed by atoms with Gasteiger partial charge in [0.2, 0.25) is 0 Å². The molecule has 0 radical (unpaired) electrons. The molecule has 0 aliphatic carbocycles. The molecule has 2 aliphatic rings. The van der Waals surface area contributed by atoms with E-state index >= 15 is 0 Å². The lowest BCUT2D eigenvalue weighted by molar-refractivity contribution is -0.0927. The predicted molar refractivity (Wildman–Crippen MR) is 100.0 cm³/mol. The van der Waals surface area contributed by atoms with E-state index in [2.05, 4.69) is 24.4 Å². The fourth-order valence-electron chi connectivity index (χ4n) is 3.87. The van der Waals surface area contributed by atoms with Crippen LogP contribution in [0.4, 0.5) is 4.79 Å². The number of methoxy groups -OCH3 is 2. The van der Waals surface area contributed by atoms with E-state index in [1.165, 1.54) is 11.1 Å². The third-order valence-electron chi connectivity index (χ3n) is 5.69. The van der Waals surface area contributed by atoms with Gasteiger partial charge in [0.1, 0.15) is 0 Å². The Morgan fingerprint density at radius 3 is 2.54 bits per heavy atom. The Labute approximate surface area is 155 Å². The molecule has 0 aromatic heterocycles. The van der Waals surface area contributed by atoms with Crippen molar-refractivity contribution in [1.82, 2.24) is 10.2 Å². The number of ether oxygens (including phenoxy) is 3. The Bertz CT molecular complexity index is 653. The van der Waals surface area contributed by atoms with Crippen molar-refractivity contribution in [2.45, 2.75) is 51.2 Å². The first-order chi connectivity index (χ1) is 12.5. The number of amides is 2. The summed E-state index contributed by atoms with van der Waals surface area (Å²) in [5.74, 6) is 1.49. The molecule has 1 spiro atoms. The molecule has 2 amide bonds. The van der Waals surface area contributed by atoms with Gasteiger partial charge in [-0.05, 0) is 55.9 Å². The highest BCUT2D eigenvalue weighted by atomic mass is 16.5. The summed E-state index contributed by atoms with van der Waals surface area (Å²) >= 11 is 0. The maximum atomic E-state index is 12.4. The molecule has 1 unspecified atom stereocenters. The maximum Gasteiger partial charge on any atom is 0.317 e. The fourth-order valence-corrected chi connectivity index (χ4v) is 3.87. The summed E-state index contributed by atoms with van der Waals surface area (Å²) in [5.41, 5.74) is 2.11. The standard InChI is InChI=1S/C20H30N2O4/c1-5-14(2)21-19(23)22-9-7-20(8-10-22)16-13-18(25-4)17(24-3)12-15(16)6-11-26-20/h12-14H,5-11H2,1-4H3,(H,21,23). The summed E-state index contributed by atoms with van der Waals surface area (Å²) in [7, 11) is 3.32. The Hall–Kier alpha value is -1.95. The van der Waals surface area contributed by atoms with Crippen LogP contribution in [-0.4, -0.2) is 50.9 Å². The minimum atomic E-state index is -0.333. The van der Waals surface area contributed by atoms with Crippen LogP contribution < -0.4 is 14.8 Å². The lowest BCUT2D eigenvalue weighted by Gasteiger charge is -2.45. The summed E-state index contributed by atoms with van der Waals surface area (Å²) in [6.07, 6.45) is 3.39. The van der Waals surface area contributed by atoms with Crippen molar-refractivity contribution >= 4 is 6.03 Å². The molecule has 6 heteroatoms. The van der Waals surface area contributed by atoms with Crippen molar-refractivity contribution in [3.63, 3.8) is 0 Å². The molecule has 1 fully saturated rings. The Morgan fingerprint density at radius 2 is 1.92 bits per heavy atom. The molecule has 1 saturated heterocycles. The average molecular weight is 362 g/mol. The molecule has 3 rings (SSSR count). The summed E-state index contributed by atoms with van der Waals surface area (Å²) in [5, 5.41) is 3.05. The zero-order valence-electron chi connectivity index (χ0n) is 16.3. The molecule has 1 atom stereocenters. The maximum absolute atomic E-state index is 12.4. The number of benzene rings is 1. The van der Waals surface area contributed by atoms with Crippen molar-refractivity contribution in [2.24, 2.45) is 0 Å². The van der Waals surface area contributed by atoms with E-state index in [-0.39, 0.29) is 17.7 Å². The largest absolute Gasteiger partial charge is 0.493 e. The van der Waals surface area contributed by atoms with Gasteiger partial charge in [-0.15, -0.1) is 0 Å². The average Bonchev–Trinajstić information content (AvgIpc) is 2.67. The van der Waals surface area contributed by atoms with Gasteiger partial charge in [0.15, 0.2) is 11.5 Å². The van der Waals surface area contributed by atoms with E-state index in [9.17, 15) is 4.79 Å². The van der Waals surface area contributed by atoms with Crippen molar-refractivity contribution in [2.75, 3.05) is 33.9 Å². The number of nitrogens with one attached hydrogen (secondary N) is 1. The summed E-state index contributed by atoms with van der Waals surface area (Å²) in [6, 6.07) is 4.35. The normalized spacial score (nSPS) is 19.6. The molecule has 2 aliphatic heterocycles. The van der Waals surface area contributed by atoms with E-state index in [0.29, 0.717) is 19.7 Å². The van der Waals surface area contributed by atoms with E-state index < -0.39 is 0 Å². The van der Waals surface area contributed by atoms with Gasteiger partial charge in [0.05, 0.1) is 26.4 Å². The van der Waals surface area contributed by atoms with Crippen LogP contribution in [0.5, 0.6) is 11.5 Å². The highest BCUT2D eigenvalue weighted by molar-refractivity contribution is 5.74. The number of nitrogens with zero attached hydrogens (tertiary/aromatic N) is 1. The molecule has 0 saturated carbocycles. The van der Waals surface area contributed by atoms with Crippen LogP contribution >= 0.6 is 0 Å². The van der Waals surface area contributed by atoms with Crippen molar-refractivity contribution in [1.29, 1.82) is 0 Å². The van der Waals surface area contributed by atoms with Gasteiger partial charge in [-0.2, -0.15) is 0 Å². The first-order valence-corrected chi connectivity index (χ1v) is 9.47. The van der Waals surface area contributed by atoms with Crippen LogP contribution in [-0.2, 0) is 16.8 Å². The SMILES string of the molecule is CCC(C)NC(=O)N1CCC2(CC1)OCCc1cc(OC)c(OC)cc12. The zero-order chi connectivity index (χ0) is 18.7. The van der Waals surface area contributed by atoms with E-state index in [0.717, 1.165) is 37.2 Å². The van der Waals surface area contributed by atoms with Crippen LogP contribution in [0.3, 0.4) is 0 Å². The third-order valence-corrected chi connectivity index (χ3v) is 5.69. The summed E-state index contributed by atoms with van der Waals surface area (Å²) in [6.45, 7) is 6.18. The number of likely N-dealkylation sites (tertiary alicyclic amines) is 1. The van der Waals surface area contributed by atoms with Crippen LogP contribution in [0.25, 0.3) is 0 Å². The highest BCUT2D eigenvalue weighted by Crippen LogP contribution is 2.45. The molecular weight excluding hydrogens is 332 g/mol. The Balaban J connectivity index is 1.78. The molecule has 1 aromatic rings. The molecule has 0 bridgehead atoms. The van der Waals surface area contributed by atoms with Crippen molar-refractivity contribution in [3.05, 3.63) is 23.3 Å². The first-order valence-electron chi connectivity index (χ1n) is 9.47. The van der Waals surface area contributed by atoms with Crippen molar-refractivity contribution < 1.29 is 19.0 Å². The van der Waals surface area contributed by atoms with Crippen molar-refractivity contribution in [3.8, 4) is 11.5 Å². The van der Waals surface area contributed by atoms with Gasteiger partial charge in [-0.3, -0.25) is 0 Å². The third kappa shape index (κ3) is 3.47. The monoisotopic (exact) mass is 362 g/mol. The number of urea groups is 1. The second-order valence-electron chi connectivity index (χ2n) is 7.20. The Kier molecular flexibility index (Phi) is 5.61. The van der Waals surface area contributed by atoms with Crippen LogP contribution in [0.1, 0.15) is 44.2 Å². The second kappa shape index (κ2) is 7.74.